The predicted octanol–water partition coefficient (Wildman–Crippen LogP) is 1.54. The number of nitrogens with one attached hydrogen (secondary N) is 3. The van der Waals surface area contributed by atoms with Gasteiger partial charge >= 0.3 is 0 Å². The molecule has 1 atom stereocenters. The van der Waals surface area contributed by atoms with Crippen LogP contribution >= 0.6 is 11.3 Å². The number of carbonyl (C=O) groups excluding carboxylic acids is 2. The minimum atomic E-state index is -0.461. The van der Waals surface area contributed by atoms with Crippen molar-refractivity contribution in [2.24, 2.45) is 5.41 Å². The van der Waals surface area contributed by atoms with Gasteiger partial charge in [0.25, 0.3) is 0 Å². The van der Waals surface area contributed by atoms with Gasteiger partial charge in [-0.2, -0.15) is 0 Å². The summed E-state index contributed by atoms with van der Waals surface area (Å²) < 4.78 is 0. The molecule has 0 saturated carbocycles. The molecule has 1 aliphatic heterocycles. The lowest BCUT2D eigenvalue weighted by Crippen LogP contribution is -2.46. The van der Waals surface area contributed by atoms with Crippen molar-refractivity contribution in [3.63, 3.8) is 0 Å². The van der Waals surface area contributed by atoms with E-state index < -0.39 is 5.41 Å². The van der Waals surface area contributed by atoms with E-state index in [4.69, 9.17) is 0 Å². The van der Waals surface area contributed by atoms with Gasteiger partial charge in [-0.05, 0) is 19.4 Å². The molecule has 2 amide bonds. The Morgan fingerprint density at radius 2 is 2.23 bits per heavy atom. The number of nitrogens with zero attached hydrogens (tertiary/aromatic N) is 1. The molecule has 1 aliphatic rings. The van der Waals surface area contributed by atoms with Crippen molar-refractivity contribution >= 4 is 28.3 Å². The highest BCUT2D eigenvalue weighted by atomic mass is 32.1. The molecule has 6 nitrogen and oxygen atoms in total. The van der Waals surface area contributed by atoms with E-state index in [2.05, 4.69) is 20.9 Å². The van der Waals surface area contributed by atoms with Crippen molar-refractivity contribution in [3.8, 4) is 0 Å². The van der Waals surface area contributed by atoms with Gasteiger partial charge < -0.3 is 16.0 Å². The van der Waals surface area contributed by atoms with Crippen LogP contribution in [0.1, 0.15) is 39.3 Å². The summed E-state index contributed by atoms with van der Waals surface area (Å²) in [5.74, 6) is -0.0983. The molecule has 2 heterocycles. The van der Waals surface area contributed by atoms with Gasteiger partial charge in [-0.15, -0.1) is 11.3 Å². The number of carbonyl (C=O) groups is 2. The molecular weight excluding hydrogens is 300 g/mol. The van der Waals surface area contributed by atoms with Gasteiger partial charge in [-0.25, -0.2) is 4.98 Å². The van der Waals surface area contributed by atoms with Gasteiger partial charge in [0.2, 0.25) is 11.8 Å². The maximum absolute atomic E-state index is 12.0. The van der Waals surface area contributed by atoms with Gasteiger partial charge in [0.1, 0.15) is 0 Å². The van der Waals surface area contributed by atoms with Crippen LogP contribution in [0.4, 0.5) is 5.13 Å². The molecule has 0 spiro atoms. The predicted molar refractivity (Wildman–Crippen MR) is 87.9 cm³/mol. The summed E-state index contributed by atoms with van der Waals surface area (Å²) in [6, 6.07) is 0.208. The van der Waals surface area contributed by atoms with Crippen molar-refractivity contribution in [2.45, 2.75) is 46.1 Å². The molecule has 7 heteroatoms. The molecular formula is C15H24N4O2S. The van der Waals surface area contributed by atoms with E-state index in [-0.39, 0.29) is 24.3 Å². The minimum Gasteiger partial charge on any atom is -0.352 e. The molecule has 0 radical (unpaired) electrons. The second-order valence-corrected chi connectivity index (χ2v) is 7.49. The Bertz CT molecular complexity index is 530. The van der Waals surface area contributed by atoms with Gasteiger partial charge in [0.15, 0.2) is 5.13 Å². The Hall–Kier alpha value is -1.47. The first-order valence-electron chi connectivity index (χ1n) is 7.60. The molecule has 1 unspecified atom stereocenters. The van der Waals surface area contributed by atoms with Crippen molar-refractivity contribution in [3.05, 3.63) is 11.1 Å². The first kappa shape index (κ1) is 16.9. The standard InChI is InChI=1S/C15H24N4O2S/c1-15(2,3)13(21)19-14-18-11(9-22-14)7-12(20)17-10-5-4-6-16-8-10/h9-10,16H,4-8H2,1-3H3,(H,17,20)(H,18,19,21). The summed E-state index contributed by atoms with van der Waals surface area (Å²) in [6.45, 7) is 7.40. The molecule has 1 aromatic heterocycles. The highest BCUT2D eigenvalue weighted by Crippen LogP contribution is 2.20. The molecule has 22 heavy (non-hydrogen) atoms. The van der Waals surface area contributed by atoms with Crippen molar-refractivity contribution in [2.75, 3.05) is 18.4 Å². The summed E-state index contributed by atoms with van der Waals surface area (Å²) in [4.78, 5) is 28.2. The first-order valence-corrected chi connectivity index (χ1v) is 8.48. The zero-order valence-electron chi connectivity index (χ0n) is 13.4. The summed E-state index contributed by atoms with van der Waals surface area (Å²) in [7, 11) is 0. The number of aromatic nitrogens is 1. The van der Waals surface area contributed by atoms with Crippen LogP contribution in [-0.2, 0) is 16.0 Å². The molecule has 1 saturated heterocycles. The SMILES string of the molecule is CC(C)(C)C(=O)Nc1nc(CC(=O)NC2CCCNC2)cs1. The third-order valence-electron chi connectivity index (χ3n) is 3.46. The number of amides is 2. The van der Waals surface area contributed by atoms with E-state index in [1.54, 1.807) is 0 Å². The topological polar surface area (TPSA) is 83.1 Å². The van der Waals surface area contributed by atoms with E-state index in [1.807, 2.05) is 26.2 Å². The van der Waals surface area contributed by atoms with Crippen molar-refractivity contribution < 1.29 is 9.59 Å². The lowest BCUT2D eigenvalue weighted by atomic mass is 9.96. The van der Waals surface area contributed by atoms with Crippen LogP contribution < -0.4 is 16.0 Å². The van der Waals surface area contributed by atoms with E-state index in [1.165, 1.54) is 11.3 Å². The van der Waals surface area contributed by atoms with Gasteiger partial charge in [0, 0.05) is 23.4 Å². The Morgan fingerprint density at radius 1 is 1.45 bits per heavy atom. The monoisotopic (exact) mass is 324 g/mol. The molecule has 3 N–H and O–H groups in total. The van der Waals surface area contributed by atoms with E-state index in [0.717, 1.165) is 25.9 Å². The van der Waals surface area contributed by atoms with E-state index in [0.29, 0.717) is 10.8 Å². The molecule has 122 valence electrons. The second-order valence-electron chi connectivity index (χ2n) is 6.64. The number of piperidine rings is 1. The maximum Gasteiger partial charge on any atom is 0.231 e. The fourth-order valence-corrected chi connectivity index (χ4v) is 2.85. The third-order valence-corrected chi connectivity index (χ3v) is 4.26. The summed E-state index contributed by atoms with van der Waals surface area (Å²) in [6.07, 6.45) is 2.35. The highest BCUT2D eigenvalue weighted by molar-refractivity contribution is 7.13. The van der Waals surface area contributed by atoms with Crippen LogP contribution in [0, 0.1) is 5.41 Å². The molecule has 0 aliphatic carbocycles. The summed E-state index contributed by atoms with van der Waals surface area (Å²) in [5.41, 5.74) is 0.229. The maximum atomic E-state index is 12.0. The van der Waals surface area contributed by atoms with Crippen LogP contribution in [0.15, 0.2) is 5.38 Å². The normalized spacial score (nSPS) is 18.8. The minimum absolute atomic E-state index is 0.0207. The van der Waals surface area contributed by atoms with Crippen molar-refractivity contribution in [1.82, 2.24) is 15.6 Å². The van der Waals surface area contributed by atoms with Gasteiger partial charge in [-0.3, -0.25) is 9.59 Å². The van der Waals surface area contributed by atoms with E-state index >= 15 is 0 Å². The lowest BCUT2D eigenvalue weighted by Gasteiger charge is -2.23. The third kappa shape index (κ3) is 5.06. The Balaban J connectivity index is 1.83. The highest BCUT2D eigenvalue weighted by Gasteiger charge is 2.22. The van der Waals surface area contributed by atoms with Crippen LogP contribution in [0.5, 0.6) is 0 Å². The zero-order valence-corrected chi connectivity index (χ0v) is 14.2. The summed E-state index contributed by atoms with van der Waals surface area (Å²) >= 11 is 1.35. The lowest BCUT2D eigenvalue weighted by molar-refractivity contribution is -0.123. The number of hydrogen-bond acceptors (Lipinski definition) is 5. The summed E-state index contributed by atoms with van der Waals surface area (Å²) in [5, 5.41) is 11.4. The van der Waals surface area contributed by atoms with Gasteiger partial charge in [0.05, 0.1) is 12.1 Å². The fourth-order valence-electron chi connectivity index (χ4n) is 2.15. The second kappa shape index (κ2) is 7.19. The largest absolute Gasteiger partial charge is 0.352 e. The molecule has 0 bridgehead atoms. The average molecular weight is 324 g/mol. The van der Waals surface area contributed by atoms with Gasteiger partial charge in [-0.1, -0.05) is 20.8 Å². The Labute approximate surface area is 135 Å². The van der Waals surface area contributed by atoms with Crippen LogP contribution in [0.3, 0.4) is 0 Å². The molecule has 0 aromatic carbocycles. The van der Waals surface area contributed by atoms with Crippen LogP contribution in [0.2, 0.25) is 0 Å². The molecule has 1 aromatic rings. The molecule has 1 fully saturated rings. The number of rotatable bonds is 4. The fraction of sp³-hybridized carbons (Fsp3) is 0.667. The van der Waals surface area contributed by atoms with Crippen LogP contribution in [0.25, 0.3) is 0 Å². The Morgan fingerprint density at radius 3 is 2.86 bits per heavy atom. The number of hydrogen-bond donors (Lipinski definition) is 3. The number of thiazole rings is 1. The zero-order chi connectivity index (χ0) is 16.2. The quantitative estimate of drug-likeness (QED) is 0.784. The van der Waals surface area contributed by atoms with Crippen LogP contribution in [-0.4, -0.2) is 35.9 Å². The van der Waals surface area contributed by atoms with Crippen molar-refractivity contribution in [1.29, 1.82) is 0 Å². The molecule has 2 rings (SSSR count). The average Bonchev–Trinajstić information content (AvgIpc) is 2.85. The smallest absolute Gasteiger partial charge is 0.231 e. The number of anilines is 1. The first-order chi connectivity index (χ1) is 10.3. The Kier molecular flexibility index (Phi) is 5.52. The van der Waals surface area contributed by atoms with E-state index in [9.17, 15) is 9.59 Å².